The zero-order chi connectivity index (χ0) is 20.6. The van der Waals surface area contributed by atoms with Crippen LogP contribution in [0.4, 0.5) is 4.39 Å². The molecule has 0 amide bonds. The van der Waals surface area contributed by atoms with Crippen molar-refractivity contribution in [3.05, 3.63) is 70.4 Å². The highest BCUT2D eigenvalue weighted by Gasteiger charge is 2.32. The highest BCUT2D eigenvalue weighted by molar-refractivity contribution is 5.98. The molecule has 146 valence electrons. The molecule has 3 aromatic rings. The molecular weight excluding hydrogens is 361 g/mol. The molecule has 1 atom stereocenters. The second kappa shape index (κ2) is 7.20. The van der Waals surface area contributed by atoms with Crippen LogP contribution in [0.3, 0.4) is 0 Å². The third-order valence-electron chi connectivity index (χ3n) is 4.41. The highest BCUT2D eigenvalue weighted by Crippen LogP contribution is 2.36. The SMILES string of the molecule is Cn1c(C(OC(C)(C)C)C(=O)O)c(-c2cccc(F)c2)c2ccccc2c1=O. The van der Waals surface area contributed by atoms with Gasteiger partial charge in [0.25, 0.3) is 5.56 Å². The fraction of sp³-hybridized carbons (Fsp3) is 0.273. The van der Waals surface area contributed by atoms with Crippen LogP contribution in [-0.2, 0) is 16.6 Å². The van der Waals surface area contributed by atoms with Gasteiger partial charge in [0.05, 0.1) is 11.3 Å². The number of aromatic nitrogens is 1. The molecular formula is C22H22FNO4. The molecule has 1 aromatic heterocycles. The number of fused-ring (bicyclic) bond motifs is 1. The van der Waals surface area contributed by atoms with Crippen molar-refractivity contribution in [2.24, 2.45) is 7.05 Å². The number of carbonyl (C=O) groups is 1. The van der Waals surface area contributed by atoms with E-state index in [4.69, 9.17) is 4.74 Å². The van der Waals surface area contributed by atoms with E-state index in [9.17, 15) is 19.1 Å². The lowest BCUT2D eigenvalue weighted by Crippen LogP contribution is -2.32. The molecule has 0 radical (unpaired) electrons. The van der Waals surface area contributed by atoms with E-state index in [1.807, 2.05) is 0 Å². The van der Waals surface area contributed by atoms with Gasteiger partial charge in [-0.25, -0.2) is 9.18 Å². The van der Waals surface area contributed by atoms with Gasteiger partial charge in [-0.15, -0.1) is 0 Å². The molecule has 0 spiro atoms. The van der Waals surface area contributed by atoms with Crippen LogP contribution in [0, 0.1) is 5.82 Å². The van der Waals surface area contributed by atoms with Crippen LogP contribution in [0.5, 0.6) is 0 Å². The maximum atomic E-state index is 14.0. The van der Waals surface area contributed by atoms with E-state index >= 15 is 0 Å². The number of rotatable bonds is 4. The summed E-state index contributed by atoms with van der Waals surface area (Å²) >= 11 is 0. The Hall–Kier alpha value is -2.99. The molecule has 2 aromatic carbocycles. The molecule has 0 aliphatic carbocycles. The summed E-state index contributed by atoms with van der Waals surface area (Å²) in [6.45, 7) is 5.22. The first kappa shape index (κ1) is 19.8. The predicted octanol–water partition coefficient (Wildman–Crippen LogP) is 4.29. The van der Waals surface area contributed by atoms with Crippen molar-refractivity contribution in [3.8, 4) is 11.1 Å². The number of carboxylic acids is 1. The summed E-state index contributed by atoms with van der Waals surface area (Å²) in [5, 5.41) is 10.9. The van der Waals surface area contributed by atoms with E-state index < -0.39 is 23.5 Å². The van der Waals surface area contributed by atoms with Crippen LogP contribution < -0.4 is 5.56 Å². The quantitative estimate of drug-likeness (QED) is 0.730. The van der Waals surface area contributed by atoms with Crippen molar-refractivity contribution in [1.82, 2.24) is 4.57 Å². The van der Waals surface area contributed by atoms with Crippen LogP contribution in [0.1, 0.15) is 32.6 Å². The Kier molecular flexibility index (Phi) is 5.08. The average molecular weight is 383 g/mol. The van der Waals surface area contributed by atoms with Gasteiger partial charge in [-0.1, -0.05) is 30.3 Å². The summed E-state index contributed by atoms with van der Waals surface area (Å²) in [4.78, 5) is 25.0. The van der Waals surface area contributed by atoms with Crippen LogP contribution in [0.15, 0.2) is 53.3 Å². The Morgan fingerprint density at radius 1 is 1.11 bits per heavy atom. The average Bonchev–Trinajstić information content (AvgIpc) is 2.62. The molecule has 1 heterocycles. The van der Waals surface area contributed by atoms with Crippen LogP contribution in [0.25, 0.3) is 21.9 Å². The number of benzene rings is 2. The normalized spacial score (nSPS) is 12.9. The molecule has 1 unspecified atom stereocenters. The number of nitrogens with zero attached hydrogens (tertiary/aromatic N) is 1. The first-order valence-corrected chi connectivity index (χ1v) is 8.88. The minimum atomic E-state index is -1.40. The number of ether oxygens (including phenoxy) is 1. The second-order valence-electron chi connectivity index (χ2n) is 7.63. The molecule has 0 saturated heterocycles. The summed E-state index contributed by atoms with van der Waals surface area (Å²) in [5.41, 5.74) is 0.00915. The molecule has 1 N–H and O–H groups in total. The molecule has 0 saturated carbocycles. The van der Waals surface area contributed by atoms with Gasteiger partial charge in [0.15, 0.2) is 6.10 Å². The Morgan fingerprint density at radius 3 is 2.32 bits per heavy atom. The largest absolute Gasteiger partial charge is 0.479 e. The summed E-state index contributed by atoms with van der Waals surface area (Å²) < 4.78 is 21.1. The zero-order valence-corrected chi connectivity index (χ0v) is 16.2. The Balaban J connectivity index is 2.47. The molecule has 0 aliphatic heterocycles. The topological polar surface area (TPSA) is 68.5 Å². The van der Waals surface area contributed by atoms with Gasteiger partial charge in [-0.3, -0.25) is 4.79 Å². The Morgan fingerprint density at radius 2 is 1.75 bits per heavy atom. The van der Waals surface area contributed by atoms with E-state index in [1.165, 1.54) is 23.7 Å². The van der Waals surface area contributed by atoms with Crippen LogP contribution in [-0.4, -0.2) is 21.2 Å². The lowest BCUT2D eigenvalue weighted by Gasteiger charge is -2.28. The summed E-state index contributed by atoms with van der Waals surface area (Å²) in [6, 6.07) is 12.8. The van der Waals surface area contributed by atoms with E-state index in [1.54, 1.807) is 57.2 Å². The van der Waals surface area contributed by atoms with Gasteiger partial charge in [-0.05, 0) is 49.9 Å². The van der Waals surface area contributed by atoms with Crippen molar-refractivity contribution in [2.75, 3.05) is 0 Å². The van der Waals surface area contributed by atoms with E-state index in [2.05, 4.69) is 0 Å². The number of hydrogen-bond acceptors (Lipinski definition) is 3. The van der Waals surface area contributed by atoms with Gasteiger partial charge in [0, 0.05) is 18.0 Å². The fourth-order valence-electron chi connectivity index (χ4n) is 3.31. The van der Waals surface area contributed by atoms with Gasteiger partial charge >= 0.3 is 5.97 Å². The smallest absolute Gasteiger partial charge is 0.339 e. The van der Waals surface area contributed by atoms with Gasteiger partial charge in [0.2, 0.25) is 0 Å². The maximum absolute atomic E-state index is 14.0. The molecule has 3 rings (SSSR count). The van der Waals surface area contributed by atoms with Gasteiger partial charge in [0.1, 0.15) is 5.82 Å². The van der Waals surface area contributed by atoms with Crippen LogP contribution in [0.2, 0.25) is 0 Å². The van der Waals surface area contributed by atoms with Gasteiger partial charge in [-0.2, -0.15) is 0 Å². The number of aliphatic carboxylic acids is 1. The summed E-state index contributed by atoms with van der Waals surface area (Å²) in [5.74, 6) is -1.68. The third-order valence-corrected chi connectivity index (χ3v) is 4.41. The standard InChI is InChI=1S/C22H22FNO4/c1-22(2,3)28-19(21(26)27)18-17(13-8-7-9-14(23)12-13)15-10-5-6-11-16(15)20(25)24(18)4/h5-12,19H,1-4H3,(H,26,27). The summed E-state index contributed by atoms with van der Waals surface area (Å²) in [6.07, 6.45) is -1.40. The Bertz CT molecular complexity index is 1110. The van der Waals surface area contributed by atoms with E-state index in [0.29, 0.717) is 21.9 Å². The number of pyridine rings is 1. The van der Waals surface area contributed by atoms with Gasteiger partial charge < -0.3 is 14.4 Å². The van der Waals surface area contributed by atoms with Crippen LogP contribution >= 0.6 is 0 Å². The van der Waals surface area contributed by atoms with E-state index in [0.717, 1.165) is 0 Å². The minimum absolute atomic E-state index is 0.178. The van der Waals surface area contributed by atoms with Crippen molar-refractivity contribution < 1.29 is 19.0 Å². The first-order chi connectivity index (χ1) is 13.1. The second-order valence-corrected chi connectivity index (χ2v) is 7.63. The third kappa shape index (κ3) is 3.68. The van der Waals surface area contributed by atoms with Crippen molar-refractivity contribution in [1.29, 1.82) is 0 Å². The van der Waals surface area contributed by atoms with Crippen molar-refractivity contribution >= 4 is 16.7 Å². The molecule has 6 heteroatoms. The number of carboxylic acid groups (broad SMARTS) is 1. The summed E-state index contributed by atoms with van der Waals surface area (Å²) in [7, 11) is 1.51. The molecule has 28 heavy (non-hydrogen) atoms. The fourth-order valence-corrected chi connectivity index (χ4v) is 3.31. The maximum Gasteiger partial charge on any atom is 0.339 e. The Labute approximate surface area is 162 Å². The number of hydrogen-bond donors (Lipinski definition) is 1. The van der Waals surface area contributed by atoms with Crippen molar-refractivity contribution in [3.63, 3.8) is 0 Å². The lowest BCUT2D eigenvalue weighted by molar-refractivity contribution is -0.161. The highest BCUT2D eigenvalue weighted by atomic mass is 19.1. The monoisotopic (exact) mass is 383 g/mol. The zero-order valence-electron chi connectivity index (χ0n) is 16.2. The minimum Gasteiger partial charge on any atom is -0.479 e. The molecule has 0 bridgehead atoms. The molecule has 0 fully saturated rings. The predicted molar refractivity (Wildman–Crippen MR) is 106 cm³/mol. The molecule has 5 nitrogen and oxygen atoms in total. The van der Waals surface area contributed by atoms with E-state index in [-0.39, 0.29) is 11.3 Å². The first-order valence-electron chi connectivity index (χ1n) is 8.88. The number of halogens is 1. The molecule has 0 aliphatic rings. The van der Waals surface area contributed by atoms with Crippen molar-refractivity contribution in [2.45, 2.75) is 32.5 Å². The lowest BCUT2D eigenvalue weighted by atomic mass is 9.94.